The highest BCUT2D eigenvalue weighted by molar-refractivity contribution is 5.90. The van der Waals surface area contributed by atoms with Gasteiger partial charge in [0, 0.05) is 49.3 Å². The van der Waals surface area contributed by atoms with Gasteiger partial charge in [0.15, 0.2) is 0 Å². The third-order valence-corrected chi connectivity index (χ3v) is 7.36. The quantitative estimate of drug-likeness (QED) is 0.365. The van der Waals surface area contributed by atoms with E-state index in [1.807, 2.05) is 27.0 Å². The second kappa shape index (κ2) is 11.7. The van der Waals surface area contributed by atoms with Crippen LogP contribution >= 0.6 is 0 Å². The minimum atomic E-state index is -0.501. The van der Waals surface area contributed by atoms with E-state index < -0.39 is 11.4 Å². The first-order valence-corrected chi connectivity index (χ1v) is 14.1. The maximum atomic E-state index is 14.8. The van der Waals surface area contributed by atoms with Crippen molar-refractivity contribution in [2.45, 2.75) is 70.9 Å². The number of carbonyl (C=O) groups excluding carboxylic acids is 2. The van der Waals surface area contributed by atoms with Crippen LogP contribution < -0.4 is 16.0 Å². The van der Waals surface area contributed by atoms with Gasteiger partial charge in [0.05, 0.1) is 17.6 Å². The minimum absolute atomic E-state index is 0.140. The second-order valence-electron chi connectivity index (χ2n) is 11.7. The van der Waals surface area contributed by atoms with Crippen LogP contribution in [0.4, 0.5) is 25.4 Å². The maximum absolute atomic E-state index is 14.8. The van der Waals surface area contributed by atoms with Gasteiger partial charge in [0.2, 0.25) is 5.78 Å². The van der Waals surface area contributed by atoms with Gasteiger partial charge < -0.3 is 25.6 Å². The van der Waals surface area contributed by atoms with Crippen LogP contribution in [-0.4, -0.2) is 62.7 Å². The van der Waals surface area contributed by atoms with Crippen molar-refractivity contribution in [2.24, 2.45) is 5.92 Å². The van der Waals surface area contributed by atoms with E-state index in [-0.39, 0.29) is 18.2 Å². The number of rotatable bonds is 6. The number of imidazole rings is 1. The lowest BCUT2D eigenvalue weighted by Crippen LogP contribution is -2.41. The third kappa shape index (κ3) is 7.00. The number of aromatic nitrogens is 3. The summed E-state index contributed by atoms with van der Waals surface area (Å²) >= 11 is 0. The normalized spacial score (nSPS) is 19.4. The van der Waals surface area contributed by atoms with E-state index in [9.17, 15) is 14.0 Å². The first-order chi connectivity index (χ1) is 19.1. The Morgan fingerprint density at radius 3 is 2.55 bits per heavy atom. The Bertz CT molecular complexity index is 1360. The van der Waals surface area contributed by atoms with Crippen LogP contribution in [0.3, 0.4) is 0 Å². The summed E-state index contributed by atoms with van der Waals surface area (Å²) in [6, 6.07) is 4.48. The third-order valence-electron chi connectivity index (χ3n) is 7.36. The average Bonchev–Trinajstić information content (AvgIpc) is 3.58. The second-order valence-corrected chi connectivity index (χ2v) is 11.7. The molecule has 3 amide bonds. The molecule has 0 bridgehead atoms. The molecule has 3 aromatic rings. The van der Waals surface area contributed by atoms with Crippen LogP contribution in [0.25, 0.3) is 17.0 Å². The lowest BCUT2D eigenvalue weighted by atomic mass is 9.86. The minimum Gasteiger partial charge on any atom is -0.444 e. The summed E-state index contributed by atoms with van der Waals surface area (Å²) in [5.41, 5.74) is 1.61. The highest BCUT2D eigenvalue weighted by Gasteiger charge is 2.25. The molecule has 214 valence electrons. The largest absolute Gasteiger partial charge is 0.444 e. The van der Waals surface area contributed by atoms with Crippen LogP contribution in [0.5, 0.6) is 0 Å². The monoisotopic (exact) mass is 551 g/mol. The molecule has 3 N–H and O–H groups in total. The Morgan fingerprint density at radius 1 is 1.07 bits per heavy atom. The van der Waals surface area contributed by atoms with Crippen molar-refractivity contribution < 1.29 is 18.7 Å². The van der Waals surface area contributed by atoms with E-state index in [0.717, 1.165) is 63.8 Å². The average molecular weight is 552 g/mol. The molecule has 10 nitrogen and oxygen atoms in total. The number of likely N-dealkylation sites (tertiary alicyclic amines) is 1. The number of halogens is 1. The topological polar surface area (TPSA) is 113 Å². The SMILES string of the molecule is CC(C)(C)OC(=O)NC1CCC(CNc2cnc3nc(-c4cc(NC(=O)N5CCCC5)ccc4F)cn3c2)CC1. The van der Waals surface area contributed by atoms with Crippen LogP contribution in [0, 0.1) is 11.7 Å². The van der Waals surface area contributed by atoms with Crippen LogP contribution in [0.15, 0.2) is 36.8 Å². The van der Waals surface area contributed by atoms with Gasteiger partial charge in [-0.1, -0.05) is 0 Å². The van der Waals surface area contributed by atoms with E-state index in [1.54, 1.807) is 33.8 Å². The van der Waals surface area contributed by atoms with Gasteiger partial charge in [0.25, 0.3) is 0 Å². The maximum Gasteiger partial charge on any atom is 0.407 e. The zero-order chi connectivity index (χ0) is 28.3. The number of amides is 3. The molecular formula is C29H38FN7O3. The zero-order valence-corrected chi connectivity index (χ0v) is 23.4. The first-order valence-electron chi connectivity index (χ1n) is 14.1. The number of hydrogen-bond donors (Lipinski definition) is 3. The number of hydrogen-bond acceptors (Lipinski definition) is 6. The molecule has 2 fully saturated rings. The van der Waals surface area contributed by atoms with Crippen LogP contribution in [0.1, 0.15) is 59.3 Å². The predicted octanol–water partition coefficient (Wildman–Crippen LogP) is 5.66. The van der Waals surface area contributed by atoms with E-state index >= 15 is 0 Å². The number of benzene rings is 1. The molecule has 1 aromatic carbocycles. The van der Waals surface area contributed by atoms with Crippen molar-refractivity contribution in [3.8, 4) is 11.3 Å². The molecule has 2 aliphatic rings. The summed E-state index contributed by atoms with van der Waals surface area (Å²) in [6.07, 6.45) is 10.8. The molecular weight excluding hydrogens is 513 g/mol. The fraction of sp³-hybridized carbons (Fsp3) is 0.517. The van der Waals surface area contributed by atoms with Crippen LogP contribution in [-0.2, 0) is 4.74 Å². The fourth-order valence-corrected chi connectivity index (χ4v) is 5.28. The summed E-state index contributed by atoms with van der Waals surface area (Å²) < 4.78 is 21.9. The van der Waals surface area contributed by atoms with E-state index in [1.165, 1.54) is 6.07 Å². The Kier molecular flexibility index (Phi) is 8.09. The van der Waals surface area contributed by atoms with Gasteiger partial charge in [-0.25, -0.2) is 23.9 Å². The molecule has 1 aliphatic heterocycles. The molecule has 40 heavy (non-hydrogen) atoms. The molecule has 1 saturated heterocycles. The van der Waals surface area contributed by atoms with Crippen molar-refractivity contribution in [3.63, 3.8) is 0 Å². The standard InChI is InChI=1S/C29H38FN7O3/c1-29(2,3)40-28(39)34-20-8-6-19(7-9-20)15-31-22-16-32-26-35-25(18-37(26)17-22)23-14-21(10-11-24(23)30)33-27(38)36-12-4-5-13-36/h10-11,14,16-20,31H,4-9,12-13,15H2,1-3H3,(H,33,38)(H,34,39). The molecule has 0 unspecified atom stereocenters. The van der Waals surface area contributed by atoms with Gasteiger partial charge in [-0.15, -0.1) is 0 Å². The summed E-state index contributed by atoms with van der Waals surface area (Å²) in [7, 11) is 0. The Labute approximate surface area is 233 Å². The lowest BCUT2D eigenvalue weighted by molar-refractivity contribution is 0.0488. The Hall–Kier alpha value is -3.89. The highest BCUT2D eigenvalue weighted by atomic mass is 19.1. The van der Waals surface area contributed by atoms with E-state index in [0.29, 0.717) is 28.6 Å². The predicted molar refractivity (Wildman–Crippen MR) is 152 cm³/mol. The number of carbonyl (C=O) groups is 2. The van der Waals surface area contributed by atoms with Crippen molar-refractivity contribution in [1.29, 1.82) is 0 Å². The molecule has 2 aromatic heterocycles. The fourth-order valence-electron chi connectivity index (χ4n) is 5.28. The van der Waals surface area contributed by atoms with Crippen molar-refractivity contribution >= 4 is 29.3 Å². The van der Waals surface area contributed by atoms with E-state index in [2.05, 4.69) is 25.9 Å². The lowest BCUT2D eigenvalue weighted by Gasteiger charge is -2.30. The summed E-state index contributed by atoms with van der Waals surface area (Å²) in [4.78, 5) is 35.2. The summed E-state index contributed by atoms with van der Waals surface area (Å²) in [5.74, 6) is 0.524. The number of urea groups is 1. The van der Waals surface area contributed by atoms with Crippen LogP contribution in [0.2, 0.25) is 0 Å². The summed E-state index contributed by atoms with van der Waals surface area (Å²) in [6.45, 7) is 7.85. The molecule has 5 rings (SSSR count). The molecule has 0 atom stereocenters. The zero-order valence-electron chi connectivity index (χ0n) is 23.4. The van der Waals surface area contributed by atoms with E-state index in [4.69, 9.17) is 4.74 Å². The number of nitrogens with zero attached hydrogens (tertiary/aromatic N) is 4. The molecule has 11 heteroatoms. The van der Waals surface area contributed by atoms with Gasteiger partial charge >= 0.3 is 12.1 Å². The number of anilines is 2. The molecule has 1 aliphatic carbocycles. The molecule has 0 spiro atoms. The van der Waals surface area contributed by atoms with Crippen molar-refractivity contribution in [3.05, 3.63) is 42.6 Å². The van der Waals surface area contributed by atoms with Crippen molar-refractivity contribution in [1.82, 2.24) is 24.6 Å². The molecule has 3 heterocycles. The number of ether oxygens (including phenoxy) is 1. The smallest absolute Gasteiger partial charge is 0.407 e. The first kappa shape index (κ1) is 27.7. The number of nitrogens with one attached hydrogen (secondary N) is 3. The van der Waals surface area contributed by atoms with Gasteiger partial charge in [-0.3, -0.25) is 4.40 Å². The number of alkyl carbamates (subject to hydrolysis) is 1. The molecule has 1 saturated carbocycles. The van der Waals surface area contributed by atoms with Gasteiger partial charge in [-0.05, 0) is 83.4 Å². The number of fused-ring (bicyclic) bond motifs is 1. The van der Waals surface area contributed by atoms with Gasteiger partial charge in [0.1, 0.15) is 11.4 Å². The van der Waals surface area contributed by atoms with Gasteiger partial charge in [-0.2, -0.15) is 0 Å². The summed E-state index contributed by atoms with van der Waals surface area (Å²) in [5, 5.41) is 9.31. The Morgan fingerprint density at radius 2 is 1.82 bits per heavy atom. The highest BCUT2D eigenvalue weighted by Crippen LogP contribution is 2.28. The Balaban J connectivity index is 1.17. The van der Waals surface area contributed by atoms with Crippen molar-refractivity contribution in [2.75, 3.05) is 30.3 Å². The molecule has 0 radical (unpaired) electrons.